The van der Waals surface area contributed by atoms with Gasteiger partial charge in [-0.1, -0.05) is 18.8 Å². The number of benzene rings is 1. The van der Waals surface area contributed by atoms with Crippen LogP contribution >= 0.6 is 0 Å². The van der Waals surface area contributed by atoms with E-state index in [1.807, 2.05) is 13.0 Å². The number of nitrogens with two attached hydrogens (primary N) is 1. The first kappa shape index (κ1) is 16.0. The van der Waals surface area contributed by atoms with E-state index >= 15 is 0 Å². The lowest BCUT2D eigenvalue weighted by molar-refractivity contribution is 0.597. The lowest BCUT2D eigenvalue weighted by atomic mass is 10.1. The summed E-state index contributed by atoms with van der Waals surface area (Å²) in [4.78, 5) is 0. The number of hydrogen-bond acceptors (Lipinski definition) is 4. The Labute approximate surface area is 119 Å². The van der Waals surface area contributed by atoms with Gasteiger partial charge >= 0.3 is 0 Å². The molecular weight excluding hydrogens is 274 g/mol. The Bertz CT molecular complexity index is 679. The smallest absolute Gasteiger partial charge is 0.248 e. The number of sulfonamides is 1. The third-order valence-corrected chi connectivity index (χ3v) is 4.26. The van der Waals surface area contributed by atoms with Crippen LogP contribution in [-0.4, -0.2) is 20.2 Å². The van der Waals surface area contributed by atoms with Crippen molar-refractivity contribution in [3.63, 3.8) is 0 Å². The zero-order valence-corrected chi connectivity index (χ0v) is 12.3. The van der Waals surface area contributed by atoms with E-state index in [1.54, 1.807) is 18.2 Å². The van der Waals surface area contributed by atoms with Gasteiger partial charge in [0, 0.05) is 5.56 Å². The first-order valence-electron chi connectivity index (χ1n) is 6.17. The molecule has 0 radical (unpaired) electrons. The zero-order chi connectivity index (χ0) is 15.2. The van der Waals surface area contributed by atoms with Crippen molar-refractivity contribution in [2.45, 2.75) is 25.5 Å². The number of anilines is 1. The summed E-state index contributed by atoms with van der Waals surface area (Å²) >= 11 is 0. The summed E-state index contributed by atoms with van der Waals surface area (Å²) in [6.07, 6.45) is 0.650. The molecule has 1 aromatic carbocycles. The minimum Gasteiger partial charge on any atom is -0.320 e. The Morgan fingerprint density at radius 3 is 2.70 bits per heavy atom. The lowest BCUT2D eigenvalue weighted by Crippen LogP contribution is -2.24. The third-order valence-electron chi connectivity index (χ3n) is 2.72. The Hall–Kier alpha value is -2.02. The molecule has 0 saturated carbocycles. The van der Waals surface area contributed by atoms with Crippen molar-refractivity contribution in [3.05, 3.63) is 29.3 Å². The number of rotatable bonds is 4. The maximum atomic E-state index is 11.9. The summed E-state index contributed by atoms with van der Waals surface area (Å²) in [5.41, 5.74) is 7.40. The molecule has 0 heterocycles. The molecule has 1 aromatic rings. The summed E-state index contributed by atoms with van der Waals surface area (Å²) in [7, 11) is -3.69. The van der Waals surface area contributed by atoms with Crippen LogP contribution in [-0.2, 0) is 16.4 Å². The topological polar surface area (TPSA) is 96.0 Å². The van der Waals surface area contributed by atoms with Crippen LogP contribution in [0.5, 0.6) is 0 Å². The summed E-state index contributed by atoms with van der Waals surface area (Å²) < 4.78 is 26.2. The Balaban J connectivity index is 3.12. The fraction of sp³-hybridized carbons (Fsp3) is 0.357. The average molecular weight is 291 g/mol. The number of nitrogens with one attached hydrogen (secondary N) is 1. The number of aryl methyl sites for hydroxylation is 1. The van der Waals surface area contributed by atoms with Gasteiger partial charge in [0.15, 0.2) is 5.25 Å². The average Bonchev–Trinajstić information content (AvgIpc) is 2.44. The highest BCUT2D eigenvalue weighted by Crippen LogP contribution is 2.20. The van der Waals surface area contributed by atoms with Crippen molar-refractivity contribution < 1.29 is 8.42 Å². The van der Waals surface area contributed by atoms with E-state index in [-0.39, 0.29) is 6.54 Å². The second-order valence-corrected chi connectivity index (χ2v) is 6.15. The van der Waals surface area contributed by atoms with Gasteiger partial charge in [-0.15, -0.1) is 0 Å². The third kappa shape index (κ3) is 3.99. The van der Waals surface area contributed by atoms with Gasteiger partial charge in [0.1, 0.15) is 0 Å². The molecule has 0 fully saturated rings. The van der Waals surface area contributed by atoms with Gasteiger partial charge in [-0.3, -0.25) is 4.72 Å². The fourth-order valence-corrected chi connectivity index (χ4v) is 2.35. The van der Waals surface area contributed by atoms with Crippen molar-refractivity contribution in [3.8, 4) is 17.9 Å². The van der Waals surface area contributed by atoms with Crippen molar-refractivity contribution in [2.24, 2.45) is 5.73 Å². The second-order valence-electron chi connectivity index (χ2n) is 4.15. The van der Waals surface area contributed by atoms with E-state index < -0.39 is 15.3 Å². The number of nitrogens with zero attached hydrogens (tertiary/aromatic N) is 1. The molecule has 0 aliphatic heterocycles. The van der Waals surface area contributed by atoms with Gasteiger partial charge in [0.25, 0.3) is 0 Å². The molecule has 20 heavy (non-hydrogen) atoms. The molecule has 0 aliphatic carbocycles. The maximum Gasteiger partial charge on any atom is 0.248 e. The van der Waals surface area contributed by atoms with Crippen LogP contribution in [0.1, 0.15) is 25.0 Å². The van der Waals surface area contributed by atoms with Gasteiger partial charge in [0.2, 0.25) is 10.0 Å². The highest BCUT2D eigenvalue weighted by molar-refractivity contribution is 7.93. The standard InChI is InChI=1S/C14H17N3O2S/c1-3-13-9-12(5-4-8-15)6-7-14(13)17-20(18,19)11(2)10-16/h6-7,9,11,17H,3,8,15H2,1-2H3. The Morgan fingerprint density at radius 1 is 1.45 bits per heavy atom. The summed E-state index contributed by atoms with van der Waals surface area (Å²) in [6.45, 7) is 3.53. The first-order chi connectivity index (χ1) is 9.44. The maximum absolute atomic E-state index is 11.9. The molecule has 1 atom stereocenters. The molecule has 1 unspecified atom stereocenters. The minimum absolute atomic E-state index is 0.273. The summed E-state index contributed by atoms with van der Waals surface area (Å²) in [5, 5.41) is 7.61. The summed E-state index contributed by atoms with van der Waals surface area (Å²) in [5.74, 6) is 5.65. The van der Waals surface area contributed by atoms with Gasteiger partial charge in [-0.25, -0.2) is 8.42 Å². The van der Waals surface area contributed by atoms with Crippen LogP contribution in [0.25, 0.3) is 0 Å². The van der Waals surface area contributed by atoms with Crippen LogP contribution in [0.15, 0.2) is 18.2 Å². The summed E-state index contributed by atoms with van der Waals surface area (Å²) in [6, 6.07) is 6.91. The molecule has 0 bridgehead atoms. The van der Waals surface area contributed by atoms with Crippen LogP contribution in [0, 0.1) is 23.2 Å². The van der Waals surface area contributed by atoms with E-state index in [9.17, 15) is 8.42 Å². The van der Waals surface area contributed by atoms with Gasteiger partial charge in [-0.05, 0) is 37.1 Å². The van der Waals surface area contributed by atoms with Crippen molar-refractivity contribution >= 4 is 15.7 Å². The number of hydrogen-bond donors (Lipinski definition) is 2. The molecule has 0 amide bonds. The van der Waals surface area contributed by atoms with E-state index in [0.717, 1.165) is 11.1 Å². The largest absolute Gasteiger partial charge is 0.320 e. The van der Waals surface area contributed by atoms with Crippen molar-refractivity contribution in [1.29, 1.82) is 5.26 Å². The van der Waals surface area contributed by atoms with E-state index in [0.29, 0.717) is 12.1 Å². The van der Waals surface area contributed by atoms with E-state index in [2.05, 4.69) is 16.6 Å². The molecule has 5 nitrogen and oxygen atoms in total. The molecule has 0 spiro atoms. The molecule has 106 valence electrons. The predicted octanol–water partition coefficient (Wildman–Crippen LogP) is 1.21. The number of nitriles is 1. The molecule has 1 rings (SSSR count). The van der Waals surface area contributed by atoms with Crippen LogP contribution < -0.4 is 10.5 Å². The molecule has 0 aromatic heterocycles. The van der Waals surface area contributed by atoms with Crippen LogP contribution in [0.2, 0.25) is 0 Å². The van der Waals surface area contributed by atoms with Crippen molar-refractivity contribution in [2.75, 3.05) is 11.3 Å². The Kier molecular flexibility index (Phi) is 5.57. The minimum atomic E-state index is -3.69. The highest BCUT2D eigenvalue weighted by atomic mass is 32.2. The second kappa shape index (κ2) is 6.95. The van der Waals surface area contributed by atoms with E-state index in [1.165, 1.54) is 6.92 Å². The first-order valence-corrected chi connectivity index (χ1v) is 7.72. The molecule has 0 saturated heterocycles. The van der Waals surface area contributed by atoms with Gasteiger partial charge in [0.05, 0.1) is 18.3 Å². The van der Waals surface area contributed by atoms with Gasteiger partial charge in [-0.2, -0.15) is 5.26 Å². The zero-order valence-electron chi connectivity index (χ0n) is 11.5. The normalized spacial score (nSPS) is 11.9. The van der Waals surface area contributed by atoms with Crippen LogP contribution in [0.4, 0.5) is 5.69 Å². The lowest BCUT2D eigenvalue weighted by Gasteiger charge is -2.13. The van der Waals surface area contributed by atoms with E-state index in [4.69, 9.17) is 11.0 Å². The monoisotopic (exact) mass is 291 g/mol. The molecular formula is C14H17N3O2S. The Morgan fingerprint density at radius 2 is 2.15 bits per heavy atom. The molecule has 3 N–H and O–H groups in total. The van der Waals surface area contributed by atoms with Crippen LogP contribution in [0.3, 0.4) is 0 Å². The quantitative estimate of drug-likeness (QED) is 0.815. The fourth-order valence-electron chi connectivity index (χ4n) is 1.53. The predicted molar refractivity (Wildman–Crippen MR) is 79.4 cm³/mol. The highest BCUT2D eigenvalue weighted by Gasteiger charge is 2.20. The molecule has 6 heteroatoms. The van der Waals surface area contributed by atoms with Crippen molar-refractivity contribution in [1.82, 2.24) is 0 Å². The van der Waals surface area contributed by atoms with Gasteiger partial charge < -0.3 is 5.73 Å². The molecule has 0 aliphatic rings. The SMILES string of the molecule is CCc1cc(C#CCN)ccc1NS(=O)(=O)C(C)C#N.